The van der Waals surface area contributed by atoms with Gasteiger partial charge in [0.05, 0.1) is 37.7 Å². The summed E-state index contributed by atoms with van der Waals surface area (Å²) < 4.78 is 173. The number of hydrogen-bond donors (Lipinski definition) is 2. The van der Waals surface area contributed by atoms with E-state index in [1.807, 2.05) is 0 Å². The van der Waals surface area contributed by atoms with Crippen LogP contribution in [0.5, 0.6) is 0 Å². The zero-order chi connectivity index (χ0) is 49.0. The molecule has 0 saturated heterocycles. The molecule has 0 unspecified atom stereocenters. The van der Waals surface area contributed by atoms with Crippen molar-refractivity contribution >= 4 is 54.1 Å². The SMILES string of the molecule is CC1(S(=O)(=O)Nc2nn(CC(F)F)c3c(-c4ccc(C#CC(C)(C)S(=O)(=O)C5CC5)nc4[C@H](Cc4cc(F)cc(F)c4)NC(=O)Cn4nc(C(F)F)c5c4C(F)(F)[C@@H]4CC[C@H]54)ccc(Cl)c23)CC1. The van der Waals surface area contributed by atoms with Gasteiger partial charge in [-0.3, -0.25) is 18.9 Å². The van der Waals surface area contributed by atoms with Crippen molar-refractivity contribution in [2.45, 2.75) is 124 Å². The van der Waals surface area contributed by atoms with Gasteiger partial charge in [0.25, 0.3) is 18.8 Å². The van der Waals surface area contributed by atoms with Gasteiger partial charge in [0.2, 0.25) is 15.9 Å². The van der Waals surface area contributed by atoms with Crippen LogP contribution in [0.3, 0.4) is 0 Å². The van der Waals surface area contributed by atoms with E-state index >= 15 is 8.78 Å². The van der Waals surface area contributed by atoms with Crippen LogP contribution in [0.2, 0.25) is 5.02 Å². The first-order valence-corrected chi connectivity index (χ1v) is 25.0. The topological polar surface area (TPSA) is 158 Å². The van der Waals surface area contributed by atoms with Gasteiger partial charge in [0.1, 0.15) is 46.6 Å². The molecule has 2 N–H and O–H groups in total. The molecular formula is C45H42ClF8N7O5S2. The molecule has 5 aromatic rings. The van der Waals surface area contributed by atoms with E-state index in [2.05, 4.69) is 32.1 Å². The van der Waals surface area contributed by atoms with E-state index in [4.69, 9.17) is 16.6 Å². The highest BCUT2D eigenvalue weighted by molar-refractivity contribution is 7.94. The molecule has 9 rings (SSSR count). The molecule has 0 radical (unpaired) electrons. The highest BCUT2D eigenvalue weighted by Crippen LogP contribution is 2.63. The fourth-order valence-corrected chi connectivity index (χ4v) is 12.5. The summed E-state index contributed by atoms with van der Waals surface area (Å²) in [6, 6.07) is 6.39. The Labute approximate surface area is 390 Å². The number of nitrogens with zero attached hydrogens (tertiary/aromatic N) is 5. The maximum atomic E-state index is 15.8. The number of benzene rings is 2. The molecule has 2 aromatic carbocycles. The number of rotatable bonds is 15. The molecular weight excluding hydrogens is 970 g/mol. The van der Waals surface area contributed by atoms with Crippen LogP contribution in [0.4, 0.5) is 40.9 Å². The Morgan fingerprint density at radius 1 is 0.926 bits per heavy atom. The Morgan fingerprint density at radius 3 is 2.21 bits per heavy atom. The zero-order valence-electron chi connectivity index (χ0n) is 36.4. The lowest BCUT2D eigenvalue weighted by Crippen LogP contribution is -2.36. The normalized spacial score (nSPS) is 19.9. The van der Waals surface area contributed by atoms with Gasteiger partial charge in [0.15, 0.2) is 15.7 Å². The van der Waals surface area contributed by atoms with Crippen molar-refractivity contribution in [3.63, 3.8) is 0 Å². The van der Waals surface area contributed by atoms with Crippen molar-refractivity contribution in [3.8, 4) is 23.0 Å². The van der Waals surface area contributed by atoms with Crippen LogP contribution >= 0.6 is 11.6 Å². The summed E-state index contributed by atoms with van der Waals surface area (Å²) in [4.78, 5) is 19.0. The standard InChI is InChI=1S/C45H42ClF8N7O5S2/c1-43(2,67(63,64)26-5-6-26)13-12-25-4-7-27(28-9-11-31(46)36-39(28)60(20-33(49)50)58-42(36)59-68(65,66)44(3)14-15-44)37(55-25)32(18-22-16-23(47)19-24(48)17-22)56-34(62)21-61-40-35(38(57-61)41(51)52)29-8-10-30(29)45(40,53)54/h4,7,9,11,16-17,19,26,29-30,32-33,41H,5-6,8,10,14-15,18,20-21H2,1-3H3,(H,56,62)(H,58,59)/t29-,30+,32-/m0/s1. The average molecular weight is 1010 g/mol. The van der Waals surface area contributed by atoms with Gasteiger partial charge >= 0.3 is 0 Å². The van der Waals surface area contributed by atoms with Gasteiger partial charge in [-0.05, 0) is 113 Å². The number of fused-ring (bicyclic) bond motifs is 4. The minimum atomic E-state index is -4.14. The van der Waals surface area contributed by atoms with Crippen LogP contribution in [0.25, 0.3) is 22.0 Å². The molecule has 23 heteroatoms. The van der Waals surface area contributed by atoms with Crippen molar-refractivity contribution in [1.82, 2.24) is 29.9 Å². The number of carbonyl (C=O) groups is 1. The third kappa shape index (κ3) is 8.39. The number of nitrogens with one attached hydrogen (secondary N) is 2. The van der Waals surface area contributed by atoms with Crippen LogP contribution < -0.4 is 10.0 Å². The number of amides is 1. The molecule has 3 fully saturated rings. The second-order valence-electron chi connectivity index (χ2n) is 18.6. The first-order chi connectivity index (χ1) is 31.8. The molecule has 0 spiro atoms. The molecule has 0 bridgehead atoms. The van der Waals surface area contributed by atoms with Crippen molar-refractivity contribution in [2.75, 3.05) is 4.72 Å². The Bertz CT molecular complexity index is 3180. The fourth-order valence-electron chi connectivity index (χ4n) is 9.14. The van der Waals surface area contributed by atoms with Gasteiger partial charge in [-0.1, -0.05) is 23.6 Å². The van der Waals surface area contributed by atoms with Crippen LogP contribution in [0, 0.1) is 29.4 Å². The molecule has 3 atom stereocenters. The summed E-state index contributed by atoms with van der Waals surface area (Å²) >= 11 is 6.70. The maximum absolute atomic E-state index is 15.8. The first-order valence-electron chi connectivity index (χ1n) is 21.6. The molecule has 1 amide bonds. The van der Waals surface area contributed by atoms with Crippen molar-refractivity contribution in [2.24, 2.45) is 5.92 Å². The fraction of sp³-hybridized carbons (Fsp3) is 0.467. The van der Waals surface area contributed by atoms with Gasteiger partial charge in [-0.25, -0.2) is 48.2 Å². The van der Waals surface area contributed by atoms with E-state index < -0.39 is 120 Å². The van der Waals surface area contributed by atoms with Crippen LogP contribution in [0.1, 0.15) is 112 Å². The summed E-state index contributed by atoms with van der Waals surface area (Å²) in [5.41, 5.74) is -2.51. The monoisotopic (exact) mass is 1010 g/mol. The number of anilines is 1. The van der Waals surface area contributed by atoms with Gasteiger partial charge in [-0.2, -0.15) is 19.0 Å². The second kappa shape index (κ2) is 16.7. The molecule has 3 saturated carbocycles. The smallest absolute Gasteiger partial charge is 0.293 e. The number of pyridine rings is 1. The summed E-state index contributed by atoms with van der Waals surface area (Å²) in [5.74, 6) is -3.76. The van der Waals surface area contributed by atoms with E-state index in [1.165, 1.54) is 45.0 Å². The maximum Gasteiger partial charge on any atom is 0.293 e. The molecule has 12 nitrogen and oxygen atoms in total. The molecule has 3 heterocycles. The highest BCUT2D eigenvalue weighted by atomic mass is 35.5. The largest absolute Gasteiger partial charge is 0.346 e. The summed E-state index contributed by atoms with van der Waals surface area (Å²) in [7, 11) is -7.90. The molecule has 4 aliphatic carbocycles. The van der Waals surface area contributed by atoms with Crippen molar-refractivity contribution < 1.29 is 56.8 Å². The number of hydrogen-bond acceptors (Lipinski definition) is 8. The molecule has 0 aliphatic heterocycles. The third-order valence-electron chi connectivity index (χ3n) is 13.3. The minimum Gasteiger partial charge on any atom is -0.346 e. The lowest BCUT2D eigenvalue weighted by molar-refractivity contribution is -0.123. The quantitative estimate of drug-likeness (QED) is 0.0777. The van der Waals surface area contributed by atoms with Gasteiger partial charge < -0.3 is 5.32 Å². The van der Waals surface area contributed by atoms with Crippen LogP contribution in [-0.4, -0.2) is 68.5 Å². The molecule has 4 aliphatic rings. The van der Waals surface area contributed by atoms with E-state index in [9.17, 15) is 48.0 Å². The van der Waals surface area contributed by atoms with Gasteiger partial charge in [-0.15, -0.1) is 0 Å². The average Bonchev–Trinajstić information content (AvgIpc) is 4.14. The number of carbonyl (C=O) groups excluding carboxylic acids is 1. The number of halogens is 9. The van der Waals surface area contributed by atoms with E-state index in [1.54, 1.807) is 0 Å². The second-order valence-corrected chi connectivity index (χ2v) is 23.9. The Balaban J connectivity index is 1.22. The lowest BCUT2D eigenvalue weighted by atomic mass is 9.73. The summed E-state index contributed by atoms with van der Waals surface area (Å²) in [5, 5.41) is 9.83. The van der Waals surface area contributed by atoms with E-state index in [-0.39, 0.29) is 68.2 Å². The Kier molecular flexibility index (Phi) is 11.7. The Morgan fingerprint density at radius 2 is 1.60 bits per heavy atom. The molecule has 3 aromatic heterocycles. The number of alkyl halides is 6. The molecule has 362 valence electrons. The van der Waals surface area contributed by atoms with Crippen molar-refractivity contribution in [1.29, 1.82) is 0 Å². The van der Waals surface area contributed by atoms with Crippen LogP contribution in [-0.2, 0) is 50.1 Å². The zero-order valence-corrected chi connectivity index (χ0v) is 38.8. The van der Waals surface area contributed by atoms with E-state index in [0.29, 0.717) is 36.4 Å². The first kappa shape index (κ1) is 47.8. The number of sulfone groups is 1. The van der Waals surface area contributed by atoms with Crippen LogP contribution in [0.15, 0.2) is 42.5 Å². The summed E-state index contributed by atoms with van der Waals surface area (Å²) in [6.45, 7) is 2.21. The molecule has 68 heavy (non-hydrogen) atoms. The lowest BCUT2D eigenvalue weighted by Gasteiger charge is -2.34. The predicted molar refractivity (Wildman–Crippen MR) is 235 cm³/mol. The summed E-state index contributed by atoms with van der Waals surface area (Å²) in [6.07, 6.45) is -4.99. The predicted octanol–water partition coefficient (Wildman–Crippen LogP) is 9.13. The number of sulfonamides is 1. The minimum absolute atomic E-state index is 0.00584. The highest BCUT2D eigenvalue weighted by Gasteiger charge is 2.62. The Hall–Kier alpha value is -5.27. The van der Waals surface area contributed by atoms with Crippen molar-refractivity contribution in [3.05, 3.63) is 93.0 Å². The van der Waals surface area contributed by atoms with E-state index in [0.717, 1.165) is 16.8 Å². The third-order valence-corrected chi connectivity index (χ3v) is 18.7. The van der Waals surface area contributed by atoms with Gasteiger partial charge in [0, 0.05) is 28.7 Å². The number of aromatic nitrogens is 5.